The van der Waals surface area contributed by atoms with Crippen molar-refractivity contribution >= 4 is 29.7 Å². The zero-order valence-electron chi connectivity index (χ0n) is 17.1. The molecule has 9 heteroatoms. The van der Waals surface area contributed by atoms with Crippen LogP contribution in [0.2, 0.25) is 0 Å². The minimum Gasteiger partial charge on any atom is -0.338 e. The number of aromatic nitrogens is 3. The molecule has 1 fully saturated rings. The van der Waals surface area contributed by atoms with Crippen molar-refractivity contribution in [1.29, 1.82) is 0 Å². The Kier molecular flexibility index (Phi) is 6.30. The van der Waals surface area contributed by atoms with Crippen LogP contribution in [0.4, 0.5) is 32.3 Å². The molecule has 0 radical (unpaired) electrons. The molecular weight excluding hydrogens is 400 g/mol. The third-order valence-corrected chi connectivity index (χ3v) is 5.05. The summed E-state index contributed by atoms with van der Waals surface area (Å²) in [6, 6.07) is 12.5. The van der Waals surface area contributed by atoms with Crippen LogP contribution in [-0.4, -0.2) is 33.8 Å². The van der Waals surface area contributed by atoms with Gasteiger partial charge >= 0.3 is 0 Å². The van der Waals surface area contributed by atoms with Gasteiger partial charge < -0.3 is 10.2 Å². The second-order valence-corrected chi connectivity index (χ2v) is 7.35. The second kappa shape index (κ2) is 9.46. The number of para-hydroxylation sites is 1. The first-order chi connectivity index (χ1) is 15.1. The molecule has 3 aromatic rings. The Morgan fingerprint density at radius 1 is 1.00 bits per heavy atom. The average molecular weight is 423 g/mol. The minimum absolute atomic E-state index is 0.215. The molecule has 2 aromatic carbocycles. The third kappa shape index (κ3) is 5.30. The lowest BCUT2D eigenvalue weighted by molar-refractivity contribution is 0.477. The average Bonchev–Trinajstić information content (AvgIpc) is 2.77. The van der Waals surface area contributed by atoms with Crippen LogP contribution in [0, 0.1) is 11.6 Å². The molecular formula is C22H23F2N7. The van der Waals surface area contributed by atoms with Gasteiger partial charge in [0.25, 0.3) is 0 Å². The Hall–Kier alpha value is -3.62. The number of hydrogen-bond acceptors (Lipinski definition) is 7. The van der Waals surface area contributed by atoms with E-state index in [1.54, 1.807) is 30.3 Å². The molecule has 4 rings (SSSR count). The summed E-state index contributed by atoms with van der Waals surface area (Å²) in [6.07, 6.45) is 4.80. The largest absolute Gasteiger partial charge is 0.338 e. The smallest absolute Gasteiger partial charge is 0.250 e. The SMILES string of the molecule is C[C@H]1CCCCN1c1nc(N/N=C\c2ccc(F)cc2)nc(Nc2ccccc2F)n1. The number of hydrazone groups is 1. The Bertz CT molecular complexity index is 1060. The van der Waals surface area contributed by atoms with Crippen LogP contribution in [0.1, 0.15) is 31.7 Å². The predicted octanol–water partition coefficient (Wildman–Crippen LogP) is 4.72. The fraction of sp³-hybridized carbons (Fsp3) is 0.273. The summed E-state index contributed by atoms with van der Waals surface area (Å²) in [7, 11) is 0. The molecule has 2 N–H and O–H groups in total. The molecule has 1 aliphatic heterocycles. The predicted molar refractivity (Wildman–Crippen MR) is 118 cm³/mol. The number of nitrogens with one attached hydrogen (secondary N) is 2. The molecule has 0 spiro atoms. The number of rotatable bonds is 6. The van der Waals surface area contributed by atoms with E-state index < -0.39 is 5.82 Å². The highest BCUT2D eigenvalue weighted by molar-refractivity contribution is 5.79. The number of piperidine rings is 1. The second-order valence-electron chi connectivity index (χ2n) is 7.35. The molecule has 0 amide bonds. The summed E-state index contributed by atoms with van der Waals surface area (Å²) in [4.78, 5) is 15.5. The van der Waals surface area contributed by atoms with Crippen LogP contribution in [0.3, 0.4) is 0 Å². The fourth-order valence-electron chi connectivity index (χ4n) is 3.39. The van der Waals surface area contributed by atoms with Gasteiger partial charge in [0, 0.05) is 12.6 Å². The number of nitrogens with zero attached hydrogens (tertiary/aromatic N) is 5. The summed E-state index contributed by atoms with van der Waals surface area (Å²) in [6.45, 7) is 2.97. The molecule has 1 aliphatic rings. The Morgan fingerprint density at radius 2 is 1.77 bits per heavy atom. The number of hydrogen-bond donors (Lipinski definition) is 2. The van der Waals surface area contributed by atoms with Crippen molar-refractivity contribution in [3.8, 4) is 0 Å². The maximum atomic E-state index is 14.1. The van der Waals surface area contributed by atoms with Crippen molar-refractivity contribution < 1.29 is 8.78 Å². The van der Waals surface area contributed by atoms with Gasteiger partial charge in [-0.2, -0.15) is 20.1 Å². The maximum Gasteiger partial charge on any atom is 0.250 e. The zero-order valence-corrected chi connectivity index (χ0v) is 17.1. The van der Waals surface area contributed by atoms with Crippen LogP contribution in [0.25, 0.3) is 0 Å². The molecule has 0 bridgehead atoms. The fourth-order valence-corrected chi connectivity index (χ4v) is 3.39. The summed E-state index contributed by atoms with van der Waals surface area (Å²) in [5, 5.41) is 7.07. The lowest BCUT2D eigenvalue weighted by Crippen LogP contribution is -2.38. The van der Waals surface area contributed by atoms with E-state index in [9.17, 15) is 8.78 Å². The van der Waals surface area contributed by atoms with Crippen molar-refractivity contribution in [2.75, 3.05) is 22.2 Å². The summed E-state index contributed by atoms with van der Waals surface area (Å²) < 4.78 is 27.2. The topological polar surface area (TPSA) is 78.3 Å². The first kappa shape index (κ1) is 20.6. The minimum atomic E-state index is -0.403. The lowest BCUT2D eigenvalue weighted by atomic mass is 10.0. The maximum absolute atomic E-state index is 14.1. The number of benzene rings is 2. The molecule has 1 atom stereocenters. The normalized spacial score (nSPS) is 16.5. The Morgan fingerprint density at radius 3 is 2.55 bits per heavy atom. The van der Waals surface area contributed by atoms with Gasteiger partial charge in [-0.05, 0) is 56.0 Å². The van der Waals surface area contributed by atoms with E-state index in [1.807, 2.05) is 0 Å². The van der Waals surface area contributed by atoms with E-state index >= 15 is 0 Å². The summed E-state index contributed by atoms with van der Waals surface area (Å²) in [5.74, 6) is 0.222. The van der Waals surface area contributed by atoms with Gasteiger partial charge in [0.1, 0.15) is 11.6 Å². The molecule has 0 aliphatic carbocycles. The molecule has 7 nitrogen and oxygen atoms in total. The van der Waals surface area contributed by atoms with E-state index in [-0.39, 0.29) is 29.4 Å². The van der Waals surface area contributed by atoms with E-state index in [4.69, 9.17) is 0 Å². The van der Waals surface area contributed by atoms with Crippen LogP contribution in [-0.2, 0) is 0 Å². The highest BCUT2D eigenvalue weighted by Gasteiger charge is 2.22. The summed E-state index contributed by atoms with van der Waals surface area (Å²) in [5.41, 5.74) is 3.79. The van der Waals surface area contributed by atoms with Gasteiger partial charge in [-0.25, -0.2) is 14.2 Å². The first-order valence-electron chi connectivity index (χ1n) is 10.2. The monoisotopic (exact) mass is 423 g/mol. The van der Waals surface area contributed by atoms with Crippen molar-refractivity contribution in [2.24, 2.45) is 5.10 Å². The van der Waals surface area contributed by atoms with E-state index in [0.717, 1.165) is 31.4 Å². The molecule has 160 valence electrons. The highest BCUT2D eigenvalue weighted by atomic mass is 19.1. The zero-order chi connectivity index (χ0) is 21.6. The number of anilines is 4. The van der Waals surface area contributed by atoms with Gasteiger partial charge in [0.15, 0.2) is 0 Å². The standard InChI is InChI=1S/C22H23F2N7/c1-15-6-4-5-13-31(15)22-28-20(26-19-8-3-2-7-18(19)24)27-21(29-22)30-25-14-16-9-11-17(23)12-10-16/h2-3,7-12,14-15H,4-6,13H2,1H3,(H2,26,27,28,29,30)/b25-14-/t15-/m0/s1. The van der Waals surface area contributed by atoms with Crippen molar-refractivity contribution in [3.05, 3.63) is 65.7 Å². The number of halogens is 2. The molecule has 1 aromatic heterocycles. The van der Waals surface area contributed by atoms with Crippen LogP contribution < -0.4 is 15.6 Å². The van der Waals surface area contributed by atoms with E-state index in [0.29, 0.717) is 5.95 Å². The molecule has 0 saturated carbocycles. The van der Waals surface area contributed by atoms with Gasteiger partial charge in [0.05, 0.1) is 11.9 Å². The van der Waals surface area contributed by atoms with Crippen molar-refractivity contribution in [1.82, 2.24) is 15.0 Å². The molecule has 2 heterocycles. The van der Waals surface area contributed by atoms with Gasteiger partial charge in [-0.15, -0.1) is 0 Å². The van der Waals surface area contributed by atoms with Crippen LogP contribution in [0.5, 0.6) is 0 Å². The Balaban J connectivity index is 1.60. The van der Waals surface area contributed by atoms with Gasteiger partial charge in [0.2, 0.25) is 17.8 Å². The van der Waals surface area contributed by atoms with Crippen molar-refractivity contribution in [3.63, 3.8) is 0 Å². The molecule has 31 heavy (non-hydrogen) atoms. The van der Waals surface area contributed by atoms with E-state index in [2.05, 4.69) is 42.6 Å². The quantitative estimate of drug-likeness (QED) is 0.441. The van der Waals surface area contributed by atoms with Crippen LogP contribution >= 0.6 is 0 Å². The third-order valence-electron chi connectivity index (χ3n) is 5.05. The van der Waals surface area contributed by atoms with Crippen LogP contribution in [0.15, 0.2) is 53.6 Å². The first-order valence-corrected chi connectivity index (χ1v) is 10.2. The van der Waals surface area contributed by atoms with Crippen molar-refractivity contribution in [2.45, 2.75) is 32.2 Å². The Labute approximate surface area is 179 Å². The van der Waals surface area contributed by atoms with Gasteiger partial charge in [-0.1, -0.05) is 24.3 Å². The lowest BCUT2D eigenvalue weighted by Gasteiger charge is -2.33. The van der Waals surface area contributed by atoms with Gasteiger partial charge in [-0.3, -0.25) is 0 Å². The molecule has 1 saturated heterocycles. The molecule has 0 unspecified atom stereocenters. The highest BCUT2D eigenvalue weighted by Crippen LogP contribution is 2.25. The van der Waals surface area contributed by atoms with E-state index in [1.165, 1.54) is 24.4 Å². The summed E-state index contributed by atoms with van der Waals surface area (Å²) >= 11 is 0.